The zero-order valence-electron chi connectivity index (χ0n) is 11.4. The fourth-order valence-electron chi connectivity index (χ4n) is 2.06. The van der Waals surface area contributed by atoms with Crippen molar-refractivity contribution in [2.24, 2.45) is 5.73 Å². The molecular weight excluding hydrogens is 334 g/mol. The van der Waals surface area contributed by atoms with Gasteiger partial charge in [-0.3, -0.25) is 0 Å². The summed E-state index contributed by atoms with van der Waals surface area (Å²) in [6.45, 7) is 4.55. The van der Waals surface area contributed by atoms with E-state index in [0.717, 1.165) is 32.5 Å². The monoisotopic (exact) mass is 349 g/mol. The number of rotatable bonds is 4. The summed E-state index contributed by atoms with van der Waals surface area (Å²) in [5, 5.41) is 0. The average molecular weight is 350 g/mol. The van der Waals surface area contributed by atoms with Crippen molar-refractivity contribution in [1.29, 1.82) is 0 Å². The Hall–Kier alpha value is -1.39. The smallest absolute Gasteiger partial charge is 0.125 e. The van der Waals surface area contributed by atoms with Crippen LogP contribution in [0.25, 0.3) is 0 Å². The summed E-state index contributed by atoms with van der Waals surface area (Å²) >= 11 is 8.43. The number of benzene rings is 2. The highest BCUT2D eigenvalue weighted by molar-refractivity contribution is 9.10. The van der Waals surface area contributed by atoms with Crippen LogP contribution in [0.1, 0.15) is 22.3 Å². The van der Waals surface area contributed by atoms with E-state index in [1.165, 1.54) is 0 Å². The number of nitrogens with two attached hydrogens (primary N) is 1. The van der Waals surface area contributed by atoms with E-state index in [2.05, 4.69) is 15.9 Å². The van der Waals surface area contributed by atoms with Crippen LogP contribution in [0.4, 0.5) is 0 Å². The molecular formula is C16H16BrNOS. The summed E-state index contributed by atoms with van der Waals surface area (Å²) in [5.74, 6) is 0.896. The van der Waals surface area contributed by atoms with Gasteiger partial charge in [0.05, 0.1) is 0 Å². The number of hydrogen-bond donors (Lipinski definition) is 1. The van der Waals surface area contributed by atoms with E-state index < -0.39 is 0 Å². The zero-order valence-corrected chi connectivity index (χ0v) is 13.8. The Labute approximate surface area is 133 Å². The molecule has 2 aromatic rings. The fraction of sp³-hybridized carbons (Fsp3) is 0.188. The molecule has 0 radical (unpaired) electrons. The van der Waals surface area contributed by atoms with Gasteiger partial charge in [0.15, 0.2) is 0 Å². The van der Waals surface area contributed by atoms with E-state index in [0.29, 0.717) is 11.6 Å². The molecule has 0 atom stereocenters. The van der Waals surface area contributed by atoms with Crippen molar-refractivity contribution in [2.75, 3.05) is 0 Å². The molecule has 0 spiro atoms. The van der Waals surface area contributed by atoms with Gasteiger partial charge in [0.2, 0.25) is 0 Å². The van der Waals surface area contributed by atoms with Crippen LogP contribution in [0, 0.1) is 13.8 Å². The Bertz CT molecular complexity index is 614. The van der Waals surface area contributed by atoms with Crippen molar-refractivity contribution < 1.29 is 4.74 Å². The average Bonchev–Trinajstić information content (AvgIpc) is 2.39. The first-order valence-electron chi connectivity index (χ1n) is 6.25. The van der Waals surface area contributed by atoms with Crippen LogP contribution in [0.3, 0.4) is 0 Å². The first kappa shape index (κ1) is 15.0. The van der Waals surface area contributed by atoms with Crippen molar-refractivity contribution in [3.05, 3.63) is 63.1 Å². The minimum Gasteiger partial charge on any atom is -0.488 e. The van der Waals surface area contributed by atoms with E-state index in [1.54, 1.807) is 0 Å². The van der Waals surface area contributed by atoms with Crippen molar-refractivity contribution >= 4 is 33.1 Å². The van der Waals surface area contributed by atoms with Crippen LogP contribution in [0.15, 0.2) is 40.9 Å². The van der Waals surface area contributed by atoms with Gasteiger partial charge in [-0.2, -0.15) is 0 Å². The Balaban J connectivity index is 2.17. The maximum absolute atomic E-state index is 5.93. The maximum atomic E-state index is 5.93. The highest BCUT2D eigenvalue weighted by Crippen LogP contribution is 2.26. The quantitative estimate of drug-likeness (QED) is 0.836. The summed E-state index contributed by atoms with van der Waals surface area (Å²) < 4.78 is 6.99. The first-order chi connectivity index (χ1) is 9.47. The second kappa shape index (κ2) is 6.37. The summed E-state index contributed by atoms with van der Waals surface area (Å²) in [5.41, 5.74) is 9.77. The third-order valence-electron chi connectivity index (χ3n) is 3.04. The van der Waals surface area contributed by atoms with E-state index in [1.807, 2.05) is 50.2 Å². The minimum atomic E-state index is 0.413. The normalized spacial score (nSPS) is 10.3. The Morgan fingerprint density at radius 2 is 1.70 bits per heavy atom. The van der Waals surface area contributed by atoms with Gasteiger partial charge in [-0.05, 0) is 54.8 Å². The number of ether oxygens (including phenoxy) is 1. The largest absolute Gasteiger partial charge is 0.488 e. The molecule has 0 aromatic heterocycles. The van der Waals surface area contributed by atoms with Crippen molar-refractivity contribution in [3.8, 4) is 5.75 Å². The van der Waals surface area contributed by atoms with Crippen LogP contribution in [-0.4, -0.2) is 4.99 Å². The Kier molecular flexibility index (Phi) is 4.78. The summed E-state index contributed by atoms with van der Waals surface area (Å²) in [7, 11) is 0. The topological polar surface area (TPSA) is 35.2 Å². The molecule has 2 aromatic carbocycles. The number of halogens is 1. The molecule has 4 heteroatoms. The molecule has 104 valence electrons. The number of thiocarbonyl (C=S) groups is 1. The molecule has 2 N–H and O–H groups in total. The predicted octanol–water partition coefficient (Wildman–Crippen LogP) is 4.28. The van der Waals surface area contributed by atoms with Gasteiger partial charge in [0.1, 0.15) is 17.3 Å². The maximum Gasteiger partial charge on any atom is 0.125 e. The van der Waals surface area contributed by atoms with E-state index in [9.17, 15) is 0 Å². The lowest BCUT2D eigenvalue weighted by atomic mass is 10.1. The van der Waals surface area contributed by atoms with E-state index in [-0.39, 0.29) is 0 Å². The lowest BCUT2D eigenvalue weighted by molar-refractivity contribution is 0.302. The van der Waals surface area contributed by atoms with Gasteiger partial charge >= 0.3 is 0 Å². The number of hydrogen-bond acceptors (Lipinski definition) is 2. The molecule has 0 heterocycles. The molecule has 0 saturated heterocycles. The van der Waals surface area contributed by atoms with E-state index in [4.69, 9.17) is 22.7 Å². The molecule has 0 unspecified atom stereocenters. The molecule has 2 nitrogen and oxygen atoms in total. The summed E-state index contributed by atoms with van der Waals surface area (Å²) in [4.78, 5) is 0.413. The molecule has 2 rings (SSSR count). The summed E-state index contributed by atoms with van der Waals surface area (Å²) in [6.07, 6.45) is 0. The van der Waals surface area contributed by atoms with Crippen molar-refractivity contribution in [1.82, 2.24) is 0 Å². The number of aryl methyl sites for hydroxylation is 2. The second-order valence-corrected chi connectivity index (χ2v) is 6.07. The molecule has 0 aliphatic rings. The molecule has 0 amide bonds. The van der Waals surface area contributed by atoms with Crippen LogP contribution < -0.4 is 10.5 Å². The fourth-order valence-corrected chi connectivity index (χ4v) is 2.44. The molecule has 0 bridgehead atoms. The van der Waals surface area contributed by atoms with Crippen molar-refractivity contribution in [3.63, 3.8) is 0 Å². The van der Waals surface area contributed by atoms with Crippen molar-refractivity contribution in [2.45, 2.75) is 20.5 Å². The van der Waals surface area contributed by atoms with Gasteiger partial charge in [0.25, 0.3) is 0 Å². The highest BCUT2D eigenvalue weighted by atomic mass is 79.9. The third kappa shape index (κ3) is 3.58. The zero-order chi connectivity index (χ0) is 14.7. The molecule has 0 aliphatic heterocycles. The predicted molar refractivity (Wildman–Crippen MR) is 90.3 cm³/mol. The van der Waals surface area contributed by atoms with Crippen LogP contribution in [0.2, 0.25) is 0 Å². The van der Waals surface area contributed by atoms with Gasteiger partial charge < -0.3 is 10.5 Å². The molecule has 0 aliphatic carbocycles. The summed E-state index contributed by atoms with van der Waals surface area (Å²) in [6, 6.07) is 12.0. The lowest BCUT2D eigenvalue weighted by Gasteiger charge is -2.14. The van der Waals surface area contributed by atoms with Gasteiger partial charge in [-0.15, -0.1) is 0 Å². The van der Waals surface area contributed by atoms with E-state index >= 15 is 0 Å². The minimum absolute atomic E-state index is 0.413. The highest BCUT2D eigenvalue weighted by Gasteiger charge is 2.08. The molecule has 20 heavy (non-hydrogen) atoms. The second-order valence-electron chi connectivity index (χ2n) is 4.72. The Morgan fingerprint density at radius 1 is 1.15 bits per heavy atom. The van der Waals surface area contributed by atoms with Gasteiger partial charge in [-0.1, -0.05) is 40.3 Å². The van der Waals surface area contributed by atoms with Crippen LogP contribution in [-0.2, 0) is 6.61 Å². The third-order valence-corrected chi connectivity index (χ3v) is 3.81. The lowest BCUT2D eigenvalue weighted by Crippen LogP contribution is -2.10. The SMILES string of the molecule is Cc1cc(C(N)=S)cc(C)c1OCc1ccc(Br)cc1. The molecule has 0 fully saturated rings. The van der Waals surface area contributed by atoms with Crippen LogP contribution in [0.5, 0.6) is 5.75 Å². The van der Waals surface area contributed by atoms with Gasteiger partial charge in [0, 0.05) is 10.0 Å². The Morgan fingerprint density at radius 3 is 2.20 bits per heavy atom. The first-order valence-corrected chi connectivity index (χ1v) is 7.46. The van der Waals surface area contributed by atoms with Gasteiger partial charge in [-0.25, -0.2) is 0 Å². The van der Waals surface area contributed by atoms with Crippen LogP contribution >= 0.6 is 28.1 Å². The molecule has 0 saturated carbocycles. The standard InChI is InChI=1S/C16H16BrNOS/c1-10-7-13(16(18)20)8-11(2)15(10)19-9-12-3-5-14(17)6-4-12/h3-8H,9H2,1-2H3,(H2,18,20).